The van der Waals surface area contributed by atoms with Crippen LogP contribution in [0.2, 0.25) is 0 Å². The van der Waals surface area contributed by atoms with Crippen molar-refractivity contribution in [3.63, 3.8) is 0 Å². The number of nitrogens with zero attached hydrogens (tertiary/aromatic N) is 1. The van der Waals surface area contributed by atoms with Gasteiger partial charge in [-0.15, -0.1) is 0 Å². The second-order valence-electron chi connectivity index (χ2n) is 3.35. The lowest BCUT2D eigenvalue weighted by atomic mass is 10.1. The molecule has 0 aromatic rings. The van der Waals surface area contributed by atoms with Gasteiger partial charge in [0.25, 0.3) is 0 Å². The van der Waals surface area contributed by atoms with Gasteiger partial charge in [0.2, 0.25) is 0 Å². The van der Waals surface area contributed by atoms with Crippen LogP contribution in [-0.4, -0.2) is 37.7 Å². The minimum Gasteiger partial charge on any atom is -0.379 e. The Kier molecular flexibility index (Phi) is 3.87. The first-order valence-corrected chi connectivity index (χ1v) is 4.42. The fraction of sp³-hybridized carbons (Fsp3) is 0.889. The average molecular weight is 156 g/mol. The Bertz CT molecular complexity index is 97.7. The molecule has 1 rings (SSSR count). The van der Waals surface area contributed by atoms with Crippen LogP contribution in [0.1, 0.15) is 13.3 Å². The van der Waals surface area contributed by atoms with Gasteiger partial charge in [0.05, 0.1) is 13.2 Å². The van der Waals surface area contributed by atoms with Crippen molar-refractivity contribution in [3.05, 3.63) is 6.92 Å². The highest BCUT2D eigenvalue weighted by Gasteiger charge is 2.09. The average Bonchev–Trinajstić information content (AvgIpc) is 2.03. The van der Waals surface area contributed by atoms with Gasteiger partial charge < -0.3 is 4.74 Å². The van der Waals surface area contributed by atoms with Crippen LogP contribution in [0.15, 0.2) is 0 Å². The van der Waals surface area contributed by atoms with Crippen molar-refractivity contribution >= 4 is 0 Å². The summed E-state index contributed by atoms with van der Waals surface area (Å²) in [5.41, 5.74) is 0. The molecule has 0 aromatic heterocycles. The third-order valence-corrected chi connectivity index (χ3v) is 2.04. The van der Waals surface area contributed by atoms with Crippen LogP contribution in [0.5, 0.6) is 0 Å². The maximum atomic E-state index is 5.25. The summed E-state index contributed by atoms with van der Waals surface area (Å²) < 4.78 is 5.25. The van der Waals surface area contributed by atoms with E-state index in [1.165, 1.54) is 13.0 Å². The van der Waals surface area contributed by atoms with Crippen LogP contribution in [0.4, 0.5) is 0 Å². The van der Waals surface area contributed by atoms with E-state index >= 15 is 0 Å². The standard InChI is InChI=1S/C9H18NO/c1-9(2)3-4-10-5-7-11-8-6-10/h9H,1,3-8H2,2H3. The van der Waals surface area contributed by atoms with Crippen molar-refractivity contribution < 1.29 is 4.74 Å². The Labute approximate surface area is 69.5 Å². The molecule has 1 radical (unpaired) electrons. The normalized spacial score (nSPS) is 21.0. The zero-order valence-corrected chi connectivity index (χ0v) is 7.38. The molecular formula is C9H18NO. The molecular weight excluding hydrogens is 138 g/mol. The molecule has 0 bridgehead atoms. The Balaban J connectivity index is 2.05. The van der Waals surface area contributed by atoms with E-state index in [-0.39, 0.29) is 0 Å². The highest BCUT2D eigenvalue weighted by atomic mass is 16.5. The fourth-order valence-corrected chi connectivity index (χ4v) is 1.23. The maximum absolute atomic E-state index is 5.25. The van der Waals surface area contributed by atoms with Crippen LogP contribution < -0.4 is 0 Å². The van der Waals surface area contributed by atoms with Crippen molar-refractivity contribution in [3.8, 4) is 0 Å². The minimum absolute atomic E-state index is 0.581. The Morgan fingerprint density at radius 3 is 2.64 bits per heavy atom. The van der Waals surface area contributed by atoms with Crippen LogP contribution in [0, 0.1) is 12.8 Å². The van der Waals surface area contributed by atoms with E-state index in [1.807, 2.05) is 0 Å². The topological polar surface area (TPSA) is 12.5 Å². The molecule has 0 saturated carbocycles. The lowest BCUT2D eigenvalue weighted by Gasteiger charge is -2.26. The van der Waals surface area contributed by atoms with E-state index < -0.39 is 0 Å². The zero-order valence-electron chi connectivity index (χ0n) is 7.38. The molecule has 65 valence electrons. The number of rotatable bonds is 3. The summed E-state index contributed by atoms with van der Waals surface area (Å²) in [6.07, 6.45) is 1.21. The molecule has 1 fully saturated rings. The molecule has 1 saturated heterocycles. The fourth-order valence-electron chi connectivity index (χ4n) is 1.23. The molecule has 0 aliphatic carbocycles. The third-order valence-electron chi connectivity index (χ3n) is 2.04. The molecule has 1 unspecified atom stereocenters. The third kappa shape index (κ3) is 3.73. The summed E-state index contributed by atoms with van der Waals surface area (Å²) in [7, 11) is 0. The highest BCUT2D eigenvalue weighted by Crippen LogP contribution is 2.03. The largest absolute Gasteiger partial charge is 0.379 e. The number of hydrogen-bond acceptors (Lipinski definition) is 2. The first kappa shape index (κ1) is 9.01. The Morgan fingerprint density at radius 1 is 1.45 bits per heavy atom. The first-order valence-electron chi connectivity index (χ1n) is 4.42. The molecule has 1 atom stereocenters. The van der Waals surface area contributed by atoms with E-state index in [2.05, 4.69) is 18.7 Å². The molecule has 2 nitrogen and oxygen atoms in total. The van der Waals surface area contributed by atoms with Crippen molar-refractivity contribution in [2.45, 2.75) is 13.3 Å². The summed E-state index contributed by atoms with van der Waals surface area (Å²) in [6.45, 7) is 11.3. The quantitative estimate of drug-likeness (QED) is 0.608. The van der Waals surface area contributed by atoms with E-state index in [9.17, 15) is 0 Å². The van der Waals surface area contributed by atoms with Gasteiger partial charge in [-0.2, -0.15) is 0 Å². The SMILES string of the molecule is [CH2]C(C)CCN1CCOCC1. The molecule has 1 aliphatic heterocycles. The van der Waals surface area contributed by atoms with Gasteiger partial charge in [0.1, 0.15) is 0 Å². The zero-order chi connectivity index (χ0) is 8.10. The van der Waals surface area contributed by atoms with Gasteiger partial charge in [0.15, 0.2) is 0 Å². The van der Waals surface area contributed by atoms with Crippen molar-refractivity contribution in [1.29, 1.82) is 0 Å². The first-order chi connectivity index (χ1) is 5.29. The second kappa shape index (κ2) is 4.73. The number of morpholine rings is 1. The van der Waals surface area contributed by atoms with E-state index in [0.717, 1.165) is 26.3 Å². The molecule has 0 aromatic carbocycles. The summed E-state index contributed by atoms with van der Waals surface area (Å²) in [6, 6.07) is 0. The monoisotopic (exact) mass is 156 g/mol. The lowest BCUT2D eigenvalue weighted by Crippen LogP contribution is -2.37. The summed E-state index contributed by atoms with van der Waals surface area (Å²) in [5.74, 6) is 0.581. The van der Waals surface area contributed by atoms with E-state index in [4.69, 9.17) is 4.74 Å². The summed E-state index contributed by atoms with van der Waals surface area (Å²) >= 11 is 0. The summed E-state index contributed by atoms with van der Waals surface area (Å²) in [5, 5.41) is 0. The summed E-state index contributed by atoms with van der Waals surface area (Å²) in [4.78, 5) is 2.45. The van der Waals surface area contributed by atoms with E-state index in [1.54, 1.807) is 0 Å². The molecule has 1 heterocycles. The second-order valence-corrected chi connectivity index (χ2v) is 3.35. The van der Waals surface area contributed by atoms with Gasteiger partial charge in [0, 0.05) is 13.1 Å². The number of hydrogen-bond donors (Lipinski definition) is 0. The van der Waals surface area contributed by atoms with Crippen molar-refractivity contribution in [2.75, 3.05) is 32.8 Å². The van der Waals surface area contributed by atoms with Gasteiger partial charge in [-0.3, -0.25) is 4.90 Å². The highest BCUT2D eigenvalue weighted by molar-refractivity contribution is 4.64. The predicted octanol–water partition coefficient (Wildman–Crippen LogP) is 1.18. The van der Waals surface area contributed by atoms with E-state index in [0.29, 0.717) is 5.92 Å². The van der Waals surface area contributed by atoms with Crippen LogP contribution in [0.3, 0.4) is 0 Å². The van der Waals surface area contributed by atoms with Crippen molar-refractivity contribution in [1.82, 2.24) is 4.90 Å². The molecule has 1 aliphatic rings. The van der Waals surface area contributed by atoms with Crippen LogP contribution >= 0.6 is 0 Å². The number of ether oxygens (including phenoxy) is 1. The molecule has 0 spiro atoms. The lowest BCUT2D eigenvalue weighted by molar-refractivity contribution is 0.0363. The molecule has 0 N–H and O–H groups in total. The molecule has 11 heavy (non-hydrogen) atoms. The van der Waals surface area contributed by atoms with Crippen molar-refractivity contribution in [2.24, 2.45) is 5.92 Å². The van der Waals surface area contributed by atoms with Gasteiger partial charge >= 0.3 is 0 Å². The predicted molar refractivity (Wildman–Crippen MR) is 46.4 cm³/mol. The van der Waals surface area contributed by atoms with Gasteiger partial charge in [-0.1, -0.05) is 13.8 Å². The smallest absolute Gasteiger partial charge is 0.0594 e. The van der Waals surface area contributed by atoms with Crippen LogP contribution in [-0.2, 0) is 4.74 Å². The van der Waals surface area contributed by atoms with Crippen LogP contribution in [0.25, 0.3) is 0 Å². The Hall–Kier alpha value is -0.0800. The van der Waals surface area contributed by atoms with Gasteiger partial charge in [-0.05, 0) is 18.9 Å². The molecule has 0 amide bonds. The maximum Gasteiger partial charge on any atom is 0.0594 e. The minimum atomic E-state index is 0.581. The van der Waals surface area contributed by atoms with Gasteiger partial charge in [-0.25, -0.2) is 0 Å². The molecule has 2 heteroatoms. The Morgan fingerprint density at radius 2 is 2.09 bits per heavy atom.